The maximum Gasteiger partial charge on any atom is 0.434 e. The number of aromatic nitrogens is 1. The van der Waals surface area contributed by atoms with Crippen molar-refractivity contribution in [3.8, 4) is 0 Å². The fraction of sp³-hybridized carbons (Fsp3) is 0.524. The summed E-state index contributed by atoms with van der Waals surface area (Å²) in [5.41, 5.74) is 0.505. The molecule has 0 amide bonds. The molecule has 0 saturated carbocycles. The van der Waals surface area contributed by atoms with Crippen molar-refractivity contribution >= 4 is 17.3 Å². The number of thiazole rings is 1. The normalized spacial score (nSPS) is 20.9. The number of likely N-dealkylation sites (tertiary alicyclic amines) is 1. The smallest absolute Gasteiger partial charge is 0.356 e. The first-order chi connectivity index (χ1) is 14.3. The number of alkyl halides is 3. The van der Waals surface area contributed by atoms with E-state index in [1.54, 1.807) is 7.05 Å². The number of benzene rings is 1. The summed E-state index contributed by atoms with van der Waals surface area (Å²) >= 11 is 1.04. The van der Waals surface area contributed by atoms with Crippen LogP contribution in [0.1, 0.15) is 36.0 Å². The minimum Gasteiger partial charge on any atom is -0.356 e. The van der Waals surface area contributed by atoms with Crippen LogP contribution in [0.5, 0.6) is 0 Å². The molecule has 1 aromatic carbocycles. The fourth-order valence-corrected chi connectivity index (χ4v) is 4.44. The van der Waals surface area contributed by atoms with Gasteiger partial charge in [-0.15, -0.1) is 11.3 Å². The molecule has 5 nitrogen and oxygen atoms in total. The van der Waals surface area contributed by atoms with E-state index in [0.717, 1.165) is 42.6 Å². The SMILES string of the molecule is CN=C(NCCc1nc(C(F)(F)F)cs1)NC1CCN(Cc2ccccc2)C(C)C1. The Labute approximate surface area is 179 Å². The molecule has 1 fully saturated rings. The van der Waals surface area contributed by atoms with Crippen LogP contribution in [0.2, 0.25) is 0 Å². The zero-order valence-electron chi connectivity index (χ0n) is 17.2. The van der Waals surface area contributed by atoms with Crippen molar-refractivity contribution in [2.24, 2.45) is 4.99 Å². The predicted octanol–water partition coefficient (Wildman–Crippen LogP) is 3.92. The van der Waals surface area contributed by atoms with E-state index in [9.17, 15) is 13.2 Å². The molecule has 1 aliphatic rings. The van der Waals surface area contributed by atoms with Gasteiger partial charge in [0, 0.05) is 50.6 Å². The molecule has 0 aliphatic carbocycles. The van der Waals surface area contributed by atoms with Gasteiger partial charge in [-0.25, -0.2) is 4.98 Å². The second-order valence-corrected chi connectivity index (χ2v) is 8.49. The molecule has 2 heterocycles. The lowest BCUT2D eigenvalue weighted by Crippen LogP contribution is -2.51. The van der Waals surface area contributed by atoms with E-state index in [1.165, 1.54) is 5.56 Å². The summed E-state index contributed by atoms with van der Waals surface area (Å²) in [6.07, 6.45) is -1.94. The molecule has 2 atom stereocenters. The quantitative estimate of drug-likeness (QED) is 0.529. The predicted molar refractivity (Wildman–Crippen MR) is 115 cm³/mol. The van der Waals surface area contributed by atoms with Gasteiger partial charge in [0.25, 0.3) is 0 Å². The third kappa shape index (κ3) is 6.43. The Hall–Kier alpha value is -2.13. The number of nitrogens with one attached hydrogen (secondary N) is 2. The van der Waals surface area contributed by atoms with Gasteiger partial charge in [-0.1, -0.05) is 30.3 Å². The number of rotatable bonds is 6. The number of hydrogen-bond donors (Lipinski definition) is 2. The Morgan fingerprint density at radius 3 is 2.70 bits per heavy atom. The lowest BCUT2D eigenvalue weighted by molar-refractivity contribution is -0.140. The molecule has 3 rings (SSSR count). The molecule has 0 radical (unpaired) electrons. The average molecular weight is 440 g/mol. The topological polar surface area (TPSA) is 52.6 Å². The van der Waals surface area contributed by atoms with Crippen molar-refractivity contribution < 1.29 is 13.2 Å². The Balaban J connectivity index is 1.42. The van der Waals surface area contributed by atoms with Crippen LogP contribution in [-0.2, 0) is 19.1 Å². The average Bonchev–Trinajstić information content (AvgIpc) is 3.19. The standard InChI is InChI=1S/C21H28F3N5S/c1-15-12-17(9-11-29(15)13-16-6-4-3-5-7-16)27-20(25-2)26-10-8-19-28-18(14-30-19)21(22,23)24/h3-7,14-15,17H,8-13H2,1-2H3,(H2,25,26,27). The van der Waals surface area contributed by atoms with Crippen LogP contribution in [0, 0.1) is 0 Å². The summed E-state index contributed by atoms with van der Waals surface area (Å²) in [6.45, 7) is 4.68. The van der Waals surface area contributed by atoms with E-state index in [1.807, 2.05) is 6.07 Å². The highest BCUT2D eigenvalue weighted by Gasteiger charge is 2.33. The van der Waals surface area contributed by atoms with E-state index in [-0.39, 0.29) is 0 Å². The van der Waals surface area contributed by atoms with Crippen molar-refractivity contribution in [1.82, 2.24) is 20.5 Å². The molecule has 2 unspecified atom stereocenters. The minimum atomic E-state index is -4.38. The molecule has 2 N–H and O–H groups in total. The Morgan fingerprint density at radius 2 is 2.07 bits per heavy atom. The lowest BCUT2D eigenvalue weighted by atomic mass is 9.97. The monoisotopic (exact) mass is 439 g/mol. The summed E-state index contributed by atoms with van der Waals surface area (Å²) in [6, 6.07) is 11.2. The number of halogens is 3. The number of aliphatic imine (C=N–C) groups is 1. The van der Waals surface area contributed by atoms with Crippen molar-refractivity contribution in [3.63, 3.8) is 0 Å². The zero-order valence-corrected chi connectivity index (χ0v) is 18.1. The lowest BCUT2D eigenvalue weighted by Gasteiger charge is -2.38. The van der Waals surface area contributed by atoms with Crippen molar-refractivity contribution in [2.75, 3.05) is 20.1 Å². The van der Waals surface area contributed by atoms with Crippen molar-refractivity contribution in [3.05, 3.63) is 52.0 Å². The van der Waals surface area contributed by atoms with E-state index < -0.39 is 11.9 Å². The van der Waals surface area contributed by atoms with Crippen LogP contribution in [0.4, 0.5) is 13.2 Å². The van der Waals surface area contributed by atoms with Gasteiger partial charge in [-0.05, 0) is 25.3 Å². The molecule has 1 aromatic heterocycles. The summed E-state index contributed by atoms with van der Waals surface area (Å²) in [5.74, 6) is 0.677. The number of guanidine groups is 1. The van der Waals surface area contributed by atoms with Crippen molar-refractivity contribution in [1.29, 1.82) is 0 Å². The van der Waals surface area contributed by atoms with Gasteiger partial charge in [-0.3, -0.25) is 9.89 Å². The molecule has 1 saturated heterocycles. The van der Waals surface area contributed by atoms with Gasteiger partial charge in [0.1, 0.15) is 0 Å². The summed E-state index contributed by atoms with van der Waals surface area (Å²) in [5, 5.41) is 8.17. The van der Waals surface area contributed by atoms with Crippen LogP contribution in [0.3, 0.4) is 0 Å². The van der Waals surface area contributed by atoms with Crippen molar-refractivity contribution in [2.45, 2.75) is 51.0 Å². The van der Waals surface area contributed by atoms with E-state index in [4.69, 9.17) is 0 Å². The van der Waals surface area contributed by atoms with Gasteiger partial charge in [0.05, 0.1) is 5.01 Å². The van der Waals surface area contributed by atoms with Crippen LogP contribution < -0.4 is 10.6 Å². The number of hydrogen-bond acceptors (Lipinski definition) is 4. The van der Waals surface area contributed by atoms with Gasteiger partial charge in [0.2, 0.25) is 0 Å². The molecule has 9 heteroatoms. The minimum absolute atomic E-state index is 0.315. The second-order valence-electron chi connectivity index (χ2n) is 7.54. The largest absolute Gasteiger partial charge is 0.434 e. The van der Waals surface area contributed by atoms with E-state index in [2.05, 4.69) is 56.7 Å². The molecule has 0 bridgehead atoms. The fourth-order valence-electron chi connectivity index (χ4n) is 3.64. The highest BCUT2D eigenvalue weighted by Crippen LogP contribution is 2.30. The molecule has 1 aliphatic heterocycles. The highest BCUT2D eigenvalue weighted by atomic mass is 32.1. The Morgan fingerprint density at radius 1 is 1.30 bits per heavy atom. The Bertz CT molecular complexity index is 822. The van der Waals surface area contributed by atoms with Crippen LogP contribution in [-0.4, -0.2) is 48.1 Å². The second kappa shape index (κ2) is 10.3. The Kier molecular flexibility index (Phi) is 7.71. The van der Waals surface area contributed by atoms with E-state index in [0.29, 0.717) is 36.0 Å². The summed E-state index contributed by atoms with van der Waals surface area (Å²) in [7, 11) is 1.70. The summed E-state index contributed by atoms with van der Waals surface area (Å²) < 4.78 is 37.9. The van der Waals surface area contributed by atoms with Gasteiger partial charge in [-0.2, -0.15) is 13.2 Å². The maximum absolute atomic E-state index is 12.6. The highest BCUT2D eigenvalue weighted by molar-refractivity contribution is 7.09. The molecule has 2 aromatic rings. The molecule has 0 spiro atoms. The van der Waals surface area contributed by atoms with Gasteiger partial charge < -0.3 is 10.6 Å². The first kappa shape index (κ1) is 22.6. The molecule has 30 heavy (non-hydrogen) atoms. The summed E-state index contributed by atoms with van der Waals surface area (Å²) in [4.78, 5) is 10.4. The third-order valence-corrected chi connectivity index (χ3v) is 6.19. The molecular weight excluding hydrogens is 411 g/mol. The number of nitrogens with zero attached hydrogens (tertiary/aromatic N) is 3. The first-order valence-electron chi connectivity index (χ1n) is 10.1. The van der Waals surface area contributed by atoms with Gasteiger partial charge in [0.15, 0.2) is 11.7 Å². The number of piperidine rings is 1. The first-order valence-corrected chi connectivity index (χ1v) is 11.0. The van der Waals surface area contributed by atoms with E-state index >= 15 is 0 Å². The molecular formula is C21H28F3N5S. The third-order valence-electron chi connectivity index (χ3n) is 5.28. The maximum atomic E-state index is 12.6. The van der Waals surface area contributed by atoms with Gasteiger partial charge >= 0.3 is 6.18 Å². The molecule has 164 valence electrons. The van der Waals surface area contributed by atoms with Crippen LogP contribution in [0.25, 0.3) is 0 Å². The van der Waals surface area contributed by atoms with Crippen LogP contribution in [0.15, 0.2) is 40.7 Å². The zero-order chi connectivity index (χ0) is 21.6. The van der Waals surface area contributed by atoms with Crippen LogP contribution >= 0.6 is 11.3 Å².